The van der Waals surface area contributed by atoms with Crippen molar-refractivity contribution >= 4 is 5.96 Å². The SMILES string of the molecule is CCNC(=NCc1ccccc1CC)NCC1CN(C)CCN1C. The molecule has 24 heavy (non-hydrogen) atoms. The van der Waals surface area contributed by atoms with E-state index in [1.54, 1.807) is 0 Å². The van der Waals surface area contributed by atoms with Crippen molar-refractivity contribution in [2.45, 2.75) is 32.9 Å². The first-order valence-corrected chi connectivity index (χ1v) is 9.11. The van der Waals surface area contributed by atoms with E-state index in [0.717, 1.165) is 51.6 Å². The number of benzene rings is 1. The van der Waals surface area contributed by atoms with E-state index < -0.39 is 0 Å². The minimum absolute atomic E-state index is 0.524. The van der Waals surface area contributed by atoms with Gasteiger partial charge in [0.15, 0.2) is 5.96 Å². The smallest absolute Gasteiger partial charge is 0.191 e. The van der Waals surface area contributed by atoms with Crippen LogP contribution in [-0.4, -0.2) is 68.6 Å². The zero-order valence-electron chi connectivity index (χ0n) is 15.7. The normalized spacial score (nSPS) is 20.2. The lowest BCUT2D eigenvalue weighted by Gasteiger charge is -2.37. The molecule has 1 aromatic carbocycles. The monoisotopic (exact) mass is 331 g/mol. The summed E-state index contributed by atoms with van der Waals surface area (Å²) in [5.41, 5.74) is 2.69. The summed E-state index contributed by atoms with van der Waals surface area (Å²) >= 11 is 0. The molecule has 0 saturated carbocycles. The number of nitrogens with one attached hydrogen (secondary N) is 2. The number of rotatable bonds is 6. The van der Waals surface area contributed by atoms with E-state index in [9.17, 15) is 0 Å². The molecule has 0 bridgehead atoms. The third-order valence-corrected chi connectivity index (χ3v) is 4.74. The number of hydrogen-bond donors (Lipinski definition) is 2. The van der Waals surface area contributed by atoms with Crippen molar-refractivity contribution in [3.05, 3.63) is 35.4 Å². The lowest BCUT2D eigenvalue weighted by molar-refractivity contribution is 0.116. The first-order valence-electron chi connectivity index (χ1n) is 9.11. The number of likely N-dealkylation sites (N-methyl/N-ethyl adjacent to an activating group) is 2. The fourth-order valence-electron chi connectivity index (χ4n) is 3.10. The second kappa shape index (κ2) is 9.64. The Morgan fingerprint density at radius 3 is 2.58 bits per heavy atom. The van der Waals surface area contributed by atoms with E-state index in [4.69, 9.17) is 4.99 Å². The van der Waals surface area contributed by atoms with Gasteiger partial charge in [-0.05, 0) is 38.6 Å². The van der Waals surface area contributed by atoms with Gasteiger partial charge in [0, 0.05) is 38.8 Å². The number of nitrogens with zero attached hydrogens (tertiary/aromatic N) is 3. The van der Waals surface area contributed by atoms with Crippen LogP contribution in [-0.2, 0) is 13.0 Å². The number of aryl methyl sites for hydroxylation is 1. The molecular weight excluding hydrogens is 298 g/mol. The summed E-state index contributed by atoms with van der Waals surface area (Å²) in [7, 11) is 4.40. The van der Waals surface area contributed by atoms with Gasteiger partial charge in [0.2, 0.25) is 0 Å². The molecule has 5 heteroatoms. The van der Waals surface area contributed by atoms with Gasteiger partial charge in [0.1, 0.15) is 0 Å². The van der Waals surface area contributed by atoms with Crippen LogP contribution in [0.25, 0.3) is 0 Å². The van der Waals surface area contributed by atoms with Gasteiger partial charge in [-0.25, -0.2) is 4.99 Å². The fraction of sp³-hybridized carbons (Fsp3) is 0.632. The molecule has 1 fully saturated rings. The van der Waals surface area contributed by atoms with E-state index in [2.05, 4.69) is 72.6 Å². The molecule has 0 aliphatic carbocycles. The highest BCUT2D eigenvalue weighted by Gasteiger charge is 2.21. The van der Waals surface area contributed by atoms with Crippen molar-refractivity contribution in [1.29, 1.82) is 0 Å². The van der Waals surface area contributed by atoms with Crippen LogP contribution >= 0.6 is 0 Å². The summed E-state index contributed by atoms with van der Waals surface area (Å²) < 4.78 is 0. The van der Waals surface area contributed by atoms with Crippen LogP contribution in [0.4, 0.5) is 0 Å². The zero-order valence-corrected chi connectivity index (χ0v) is 15.7. The number of aliphatic imine (C=N–C) groups is 1. The van der Waals surface area contributed by atoms with Gasteiger partial charge >= 0.3 is 0 Å². The molecule has 1 saturated heterocycles. The summed E-state index contributed by atoms with van der Waals surface area (Å²) in [5.74, 6) is 0.907. The minimum atomic E-state index is 0.524. The van der Waals surface area contributed by atoms with E-state index in [-0.39, 0.29) is 0 Å². The largest absolute Gasteiger partial charge is 0.357 e. The first kappa shape index (κ1) is 18.7. The average Bonchev–Trinajstić information content (AvgIpc) is 2.60. The Morgan fingerprint density at radius 1 is 1.12 bits per heavy atom. The molecule has 2 rings (SSSR count). The van der Waals surface area contributed by atoms with E-state index in [1.165, 1.54) is 11.1 Å². The maximum absolute atomic E-state index is 4.78. The summed E-state index contributed by atoms with van der Waals surface area (Å²) in [4.78, 5) is 9.61. The van der Waals surface area contributed by atoms with Crippen molar-refractivity contribution in [2.24, 2.45) is 4.99 Å². The quantitative estimate of drug-likeness (QED) is 0.613. The number of piperazine rings is 1. The van der Waals surface area contributed by atoms with Crippen LogP contribution < -0.4 is 10.6 Å². The van der Waals surface area contributed by atoms with Crippen molar-refractivity contribution in [1.82, 2.24) is 20.4 Å². The standard InChI is InChI=1S/C19H33N5/c1-5-16-9-7-8-10-17(16)13-21-19(20-6-2)22-14-18-15-23(3)11-12-24(18)4/h7-10,18H,5-6,11-15H2,1-4H3,(H2,20,21,22). The van der Waals surface area contributed by atoms with E-state index in [0.29, 0.717) is 6.04 Å². The Hall–Kier alpha value is -1.59. The average molecular weight is 332 g/mol. The molecule has 2 N–H and O–H groups in total. The maximum Gasteiger partial charge on any atom is 0.191 e. The molecule has 0 radical (unpaired) electrons. The predicted molar refractivity (Wildman–Crippen MR) is 103 cm³/mol. The van der Waals surface area contributed by atoms with Gasteiger partial charge in [-0.2, -0.15) is 0 Å². The summed E-state index contributed by atoms with van der Waals surface area (Å²) in [6, 6.07) is 9.09. The van der Waals surface area contributed by atoms with Crippen LogP contribution in [0.5, 0.6) is 0 Å². The number of guanidine groups is 1. The molecule has 1 atom stereocenters. The molecular formula is C19H33N5. The van der Waals surface area contributed by atoms with Gasteiger partial charge in [-0.3, -0.25) is 4.90 Å². The van der Waals surface area contributed by atoms with Crippen LogP contribution in [0.1, 0.15) is 25.0 Å². The molecule has 1 unspecified atom stereocenters. The molecule has 5 nitrogen and oxygen atoms in total. The molecule has 134 valence electrons. The second-order valence-corrected chi connectivity index (χ2v) is 6.60. The molecule has 1 aromatic rings. The highest BCUT2D eigenvalue weighted by atomic mass is 15.3. The number of hydrogen-bond acceptors (Lipinski definition) is 3. The second-order valence-electron chi connectivity index (χ2n) is 6.60. The predicted octanol–water partition coefficient (Wildman–Crippen LogP) is 1.55. The lowest BCUT2D eigenvalue weighted by atomic mass is 10.1. The topological polar surface area (TPSA) is 42.9 Å². The molecule has 1 aliphatic rings. The maximum atomic E-state index is 4.78. The highest BCUT2D eigenvalue weighted by molar-refractivity contribution is 5.79. The highest BCUT2D eigenvalue weighted by Crippen LogP contribution is 2.10. The molecule has 0 aromatic heterocycles. The first-order chi connectivity index (χ1) is 11.6. The van der Waals surface area contributed by atoms with Gasteiger partial charge in [0.25, 0.3) is 0 Å². The molecule has 0 spiro atoms. The Morgan fingerprint density at radius 2 is 1.88 bits per heavy atom. The Bertz CT molecular complexity index is 528. The molecule has 1 aliphatic heterocycles. The van der Waals surface area contributed by atoms with Crippen LogP contribution in [0.3, 0.4) is 0 Å². The van der Waals surface area contributed by atoms with Gasteiger partial charge in [-0.1, -0.05) is 31.2 Å². The Balaban J connectivity index is 1.95. The van der Waals surface area contributed by atoms with Crippen molar-refractivity contribution in [3.63, 3.8) is 0 Å². The van der Waals surface area contributed by atoms with Crippen molar-refractivity contribution < 1.29 is 0 Å². The van der Waals surface area contributed by atoms with Gasteiger partial charge in [-0.15, -0.1) is 0 Å². The molecule has 0 amide bonds. The third kappa shape index (κ3) is 5.49. The van der Waals surface area contributed by atoms with Gasteiger partial charge in [0.05, 0.1) is 6.54 Å². The summed E-state index contributed by atoms with van der Waals surface area (Å²) in [6.07, 6.45) is 1.05. The third-order valence-electron chi connectivity index (χ3n) is 4.74. The van der Waals surface area contributed by atoms with E-state index >= 15 is 0 Å². The zero-order chi connectivity index (χ0) is 17.4. The summed E-state index contributed by atoms with van der Waals surface area (Å²) in [5, 5.41) is 6.88. The Kier molecular flexibility index (Phi) is 7.53. The van der Waals surface area contributed by atoms with Gasteiger partial charge < -0.3 is 15.5 Å². The lowest BCUT2D eigenvalue weighted by Crippen LogP contribution is -2.55. The van der Waals surface area contributed by atoms with Crippen LogP contribution in [0, 0.1) is 0 Å². The van der Waals surface area contributed by atoms with Crippen LogP contribution in [0.15, 0.2) is 29.3 Å². The van der Waals surface area contributed by atoms with Crippen LogP contribution in [0.2, 0.25) is 0 Å². The minimum Gasteiger partial charge on any atom is -0.357 e. The van der Waals surface area contributed by atoms with Crippen molar-refractivity contribution in [3.8, 4) is 0 Å². The Labute approximate surface area is 147 Å². The summed E-state index contributed by atoms with van der Waals surface area (Å²) in [6.45, 7) is 10.2. The molecule has 1 heterocycles. The van der Waals surface area contributed by atoms with Crippen molar-refractivity contribution in [2.75, 3.05) is 46.8 Å². The van der Waals surface area contributed by atoms with E-state index in [1.807, 2.05) is 0 Å². The fourth-order valence-corrected chi connectivity index (χ4v) is 3.10.